The number of benzene rings is 2. The second-order valence-corrected chi connectivity index (χ2v) is 8.54. The Hall–Kier alpha value is -2.18. The van der Waals surface area contributed by atoms with Crippen LogP contribution in [0.1, 0.15) is 37.0 Å². The lowest BCUT2D eigenvalue weighted by Crippen LogP contribution is -2.30. The summed E-state index contributed by atoms with van der Waals surface area (Å²) in [6, 6.07) is 13.0. The van der Waals surface area contributed by atoms with Crippen molar-refractivity contribution in [3.05, 3.63) is 59.2 Å². The van der Waals surface area contributed by atoms with Crippen LogP contribution in [0, 0.1) is 13.8 Å². The molecule has 0 bridgehead atoms. The molecule has 146 valence electrons. The molecule has 0 aliphatic heterocycles. The van der Waals surface area contributed by atoms with Gasteiger partial charge in [0.25, 0.3) is 0 Å². The first-order valence-corrected chi connectivity index (χ1v) is 10.7. The molecule has 0 aliphatic carbocycles. The smallest absolute Gasteiger partial charge is 0.243 e. The van der Waals surface area contributed by atoms with Crippen LogP contribution in [-0.4, -0.2) is 31.7 Å². The minimum atomic E-state index is -3.55. The highest BCUT2D eigenvalue weighted by molar-refractivity contribution is 7.89. The number of anilines is 1. The third-order valence-electron chi connectivity index (χ3n) is 4.59. The van der Waals surface area contributed by atoms with Crippen LogP contribution in [0.25, 0.3) is 0 Å². The molecule has 0 saturated carbocycles. The number of amides is 1. The van der Waals surface area contributed by atoms with Crippen molar-refractivity contribution >= 4 is 21.6 Å². The van der Waals surface area contributed by atoms with Gasteiger partial charge in [0, 0.05) is 25.2 Å². The van der Waals surface area contributed by atoms with Gasteiger partial charge in [0.1, 0.15) is 0 Å². The fourth-order valence-corrected chi connectivity index (χ4v) is 4.32. The van der Waals surface area contributed by atoms with Crippen molar-refractivity contribution in [2.24, 2.45) is 0 Å². The van der Waals surface area contributed by atoms with E-state index in [1.54, 1.807) is 18.2 Å². The van der Waals surface area contributed by atoms with E-state index in [1.807, 2.05) is 52.0 Å². The van der Waals surface area contributed by atoms with Gasteiger partial charge in [0.15, 0.2) is 0 Å². The first-order valence-electron chi connectivity index (χ1n) is 9.24. The van der Waals surface area contributed by atoms with Crippen LogP contribution >= 0.6 is 0 Å². The standard InChI is InChI=1S/C21H28N2O3S/c1-5-23(6-2)27(25,26)19-13-9-17(4)20(15-19)22-21(24)14-12-18-10-7-16(3)8-11-18/h7-11,13,15H,5-6,12,14H2,1-4H3,(H,22,24). The van der Waals surface area contributed by atoms with E-state index < -0.39 is 10.0 Å². The predicted octanol–water partition coefficient (Wildman–Crippen LogP) is 3.91. The molecule has 0 unspecified atom stereocenters. The molecular weight excluding hydrogens is 360 g/mol. The maximum absolute atomic E-state index is 12.7. The molecule has 0 saturated heterocycles. The molecule has 1 amide bonds. The van der Waals surface area contributed by atoms with Gasteiger partial charge in [-0.1, -0.05) is 49.7 Å². The topological polar surface area (TPSA) is 66.5 Å². The van der Waals surface area contributed by atoms with Gasteiger partial charge in [-0.2, -0.15) is 4.31 Å². The predicted molar refractivity (Wildman–Crippen MR) is 109 cm³/mol. The monoisotopic (exact) mass is 388 g/mol. The summed E-state index contributed by atoms with van der Waals surface area (Å²) in [4.78, 5) is 12.5. The molecule has 0 heterocycles. The summed E-state index contributed by atoms with van der Waals surface area (Å²) < 4.78 is 26.8. The molecule has 2 aromatic rings. The number of carbonyl (C=O) groups excluding carboxylic acids is 1. The minimum absolute atomic E-state index is 0.129. The first-order chi connectivity index (χ1) is 12.8. The van der Waals surface area contributed by atoms with E-state index >= 15 is 0 Å². The Labute approximate surface area is 162 Å². The Morgan fingerprint density at radius 3 is 2.22 bits per heavy atom. The highest BCUT2D eigenvalue weighted by Crippen LogP contribution is 2.23. The van der Waals surface area contributed by atoms with Gasteiger partial charge in [-0.05, 0) is 43.5 Å². The molecule has 1 N–H and O–H groups in total. The van der Waals surface area contributed by atoms with E-state index in [0.717, 1.165) is 11.1 Å². The SMILES string of the molecule is CCN(CC)S(=O)(=O)c1ccc(C)c(NC(=O)CCc2ccc(C)cc2)c1. The quantitative estimate of drug-likeness (QED) is 0.746. The van der Waals surface area contributed by atoms with Crippen LogP contribution in [0.3, 0.4) is 0 Å². The van der Waals surface area contributed by atoms with Gasteiger partial charge in [-0.3, -0.25) is 4.79 Å². The van der Waals surface area contributed by atoms with Crippen molar-refractivity contribution < 1.29 is 13.2 Å². The van der Waals surface area contributed by atoms with Crippen LogP contribution < -0.4 is 5.32 Å². The Morgan fingerprint density at radius 1 is 1.00 bits per heavy atom. The molecule has 0 atom stereocenters. The van der Waals surface area contributed by atoms with Crippen molar-refractivity contribution in [1.29, 1.82) is 0 Å². The lowest BCUT2D eigenvalue weighted by atomic mass is 10.1. The average molecular weight is 389 g/mol. The third-order valence-corrected chi connectivity index (χ3v) is 6.63. The van der Waals surface area contributed by atoms with Crippen molar-refractivity contribution in [3.63, 3.8) is 0 Å². The average Bonchev–Trinajstić information content (AvgIpc) is 2.63. The summed E-state index contributed by atoms with van der Waals surface area (Å²) >= 11 is 0. The fraction of sp³-hybridized carbons (Fsp3) is 0.381. The van der Waals surface area contributed by atoms with E-state index in [2.05, 4.69) is 5.32 Å². The normalized spacial score (nSPS) is 11.6. The zero-order chi connectivity index (χ0) is 20.0. The number of nitrogens with zero attached hydrogens (tertiary/aromatic N) is 1. The Morgan fingerprint density at radius 2 is 1.63 bits per heavy atom. The summed E-state index contributed by atoms with van der Waals surface area (Å²) in [6.07, 6.45) is 0.984. The zero-order valence-electron chi connectivity index (χ0n) is 16.5. The summed E-state index contributed by atoms with van der Waals surface area (Å²) in [7, 11) is -3.55. The Bertz CT molecular complexity index is 886. The minimum Gasteiger partial charge on any atom is -0.326 e. The number of aryl methyl sites for hydroxylation is 3. The molecule has 2 rings (SSSR count). The number of rotatable bonds is 8. The van der Waals surface area contributed by atoms with Crippen molar-refractivity contribution in [3.8, 4) is 0 Å². The molecule has 27 heavy (non-hydrogen) atoms. The van der Waals surface area contributed by atoms with Crippen LogP contribution in [0.2, 0.25) is 0 Å². The highest BCUT2D eigenvalue weighted by atomic mass is 32.2. The molecular formula is C21H28N2O3S. The van der Waals surface area contributed by atoms with Gasteiger partial charge < -0.3 is 5.32 Å². The van der Waals surface area contributed by atoms with Crippen molar-refractivity contribution in [2.75, 3.05) is 18.4 Å². The maximum Gasteiger partial charge on any atom is 0.243 e. The molecule has 6 heteroatoms. The lowest BCUT2D eigenvalue weighted by molar-refractivity contribution is -0.116. The molecule has 0 aromatic heterocycles. The van der Waals surface area contributed by atoms with E-state index in [9.17, 15) is 13.2 Å². The number of carbonyl (C=O) groups is 1. The molecule has 0 radical (unpaired) electrons. The van der Waals surface area contributed by atoms with E-state index in [4.69, 9.17) is 0 Å². The zero-order valence-corrected chi connectivity index (χ0v) is 17.3. The largest absolute Gasteiger partial charge is 0.326 e. The van der Waals surface area contributed by atoms with Gasteiger partial charge in [0.2, 0.25) is 15.9 Å². The summed E-state index contributed by atoms with van der Waals surface area (Å²) in [5.74, 6) is -0.129. The van der Waals surface area contributed by atoms with E-state index in [-0.39, 0.29) is 10.8 Å². The van der Waals surface area contributed by atoms with Gasteiger partial charge >= 0.3 is 0 Å². The van der Waals surface area contributed by atoms with Gasteiger partial charge in [0.05, 0.1) is 4.90 Å². The molecule has 0 aliphatic rings. The third kappa shape index (κ3) is 5.40. The maximum atomic E-state index is 12.7. The summed E-state index contributed by atoms with van der Waals surface area (Å²) in [5, 5.41) is 2.86. The summed E-state index contributed by atoms with van der Waals surface area (Å²) in [6.45, 7) is 8.31. The Kier molecular flexibility index (Phi) is 7.16. The number of hydrogen-bond acceptors (Lipinski definition) is 3. The molecule has 5 nitrogen and oxygen atoms in total. The van der Waals surface area contributed by atoms with Gasteiger partial charge in [-0.15, -0.1) is 0 Å². The van der Waals surface area contributed by atoms with Crippen LogP contribution in [0.4, 0.5) is 5.69 Å². The first kappa shape index (κ1) is 21.1. The van der Waals surface area contributed by atoms with E-state index in [0.29, 0.717) is 31.6 Å². The number of hydrogen-bond donors (Lipinski definition) is 1. The molecule has 0 fully saturated rings. The van der Waals surface area contributed by atoms with Gasteiger partial charge in [-0.25, -0.2) is 8.42 Å². The second kappa shape index (κ2) is 9.15. The van der Waals surface area contributed by atoms with E-state index in [1.165, 1.54) is 9.87 Å². The van der Waals surface area contributed by atoms with Crippen molar-refractivity contribution in [2.45, 2.75) is 45.4 Å². The van der Waals surface area contributed by atoms with Crippen molar-refractivity contribution in [1.82, 2.24) is 4.31 Å². The Balaban J connectivity index is 2.11. The summed E-state index contributed by atoms with van der Waals surface area (Å²) in [5.41, 5.74) is 3.66. The second-order valence-electron chi connectivity index (χ2n) is 6.60. The van der Waals surface area contributed by atoms with Crippen LogP contribution in [0.15, 0.2) is 47.4 Å². The number of nitrogens with one attached hydrogen (secondary N) is 1. The number of sulfonamides is 1. The van der Waals surface area contributed by atoms with Crippen LogP contribution in [0.5, 0.6) is 0 Å². The molecule has 0 spiro atoms. The van der Waals surface area contributed by atoms with Crippen LogP contribution in [-0.2, 0) is 21.2 Å². The fourth-order valence-electron chi connectivity index (χ4n) is 2.83. The lowest BCUT2D eigenvalue weighted by Gasteiger charge is -2.19. The molecule has 2 aromatic carbocycles. The highest BCUT2D eigenvalue weighted by Gasteiger charge is 2.22.